The molecule has 0 aromatic carbocycles. The molecule has 48 valence electrons. The molecular weight excluding hydrogens is 120 g/mol. The summed E-state index contributed by atoms with van der Waals surface area (Å²) in [5, 5.41) is 10.4. The molecule has 0 amide bonds. The maximum atomic E-state index is 6.85. The van der Waals surface area contributed by atoms with E-state index in [4.69, 9.17) is 16.9 Å². The normalized spacial score (nSPS) is 9.33. The van der Waals surface area contributed by atoms with E-state index in [2.05, 4.69) is 10.1 Å². The number of hydrogen-bond acceptors (Lipinski definition) is 4. The van der Waals surface area contributed by atoms with E-state index < -0.39 is 0 Å². The van der Waals surface area contributed by atoms with Crippen LogP contribution in [0.4, 0.5) is 5.95 Å². The molecule has 6 heteroatoms. The molecule has 0 aliphatic heterocycles. The van der Waals surface area contributed by atoms with Gasteiger partial charge in [-0.15, -0.1) is 0 Å². The van der Waals surface area contributed by atoms with E-state index in [1.165, 1.54) is 6.33 Å². The highest BCUT2D eigenvalue weighted by Crippen LogP contribution is 1.88. The van der Waals surface area contributed by atoms with Crippen LogP contribution < -0.4 is 11.5 Å². The van der Waals surface area contributed by atoms with Crippen molar-refractivity contribution in [3.8, 4) is 0 Å². The molecular formula is C3H6N6. The lowest BCUT2D eigenvalue weighted by Gasteiger charge is -1.94. The van der Waals surface area contributed by atoms with Crippen molar-refractivity contribution in [3.63, 3.8) is 0 Å². The monoisotopic (exact) mass is 126 g/mol. The average Bonchev–Trinajstić information content (AvgIpc) is 2.13. The van der Waals surface area contributed by atoms with Gasteiger partial charge in [-0.1, -0.05) is 0 Å². The van der Waals surface area contributed by atoms with Crippen molar-refractivity contribution in [1.29, 1.82) is 5.41 Å². The zero-order valence-corrected chi connectivity index (χ0v) is 4.57. The van der Waals surface area contributed by atoms with Gasteiger partial charge in [-0.2, -0.15) is 14.8 Å². The smallest absolute Gasteiger partial charge is 0.226 e. The molecule has 0 unspecified atom stereocenters. The maximum Gasteiger partial charge on any atom is 0.226 e. The lowest BCUT2D eigenvalue weighted by Crippen LogP contribution is -2.23. The first-order valence-corrected chi connectivity index (χ1v) is 2.21. The SMILES string of the molecule is N=C(N)n1ncnc1N. The van der Waals surface area contributed by atoms with Gasteiger partial charge in [-0.25, -0.2) is 0 Å². The highest BCUT2D eigenvalue weighted by molar-refractivity contribution is 5.78. The molecule has 0 fully saturated rings. The molecule has 0 atom stereocenters. The van der Waals surface area contributed by atoms with Gasteiger partial charge in [0.05, 0.1) is 0 Å². The van der Waals surface area contributed by atoms with Crippen LogP contribution in [0.3, 0.4) is 0 Å². The topological polar surface area (TPSA) is 107 Å². The van der Waals surface area contributed by atoms with Gasteiger partial charge in [0.2, 0.25) is 11.9 Å². The van der Waals surface area contributed by atoms with Gasteiger partial charge in [-0.3, -0.25) is 5.41 Å². The molecule has 5 N–H and O–H groups in total. The Morgan fingerprint density at radius 2 is 2.44 bits per heavy atom. The van der Waals surface area contributed by atoms with Crippen molar-refractivity contribution in [2.75, 3.05) is 5.73 Å². The Kier molecular flexibility index (Phi) is 1.07. The summed E-state index contributed by atoms with van der Waals surface area (Å²) in [6.07, 6.45) is 1.23. The Morgan fingerprint density at radius 3 is 2.67 bits per heavy atom. The van der Waals surface area contributed by atoms with Crippen molar-refractivity contribution in [3.05, 3.63) is 6.33 Å². The van der Waals surface area contributed by atoms with E-state index in [1.807, 2.05) is 0 Å². The number of nitrogens with zero attached hydrogens (tertiary/aromatic N) is 3. The summed E-state index contributed by atoms with van der Waals surface area (Å²) in [4.78, 5) is 3.55. The van der Waals surface area contributed by atoms with Gasteiger partial charge in [0, 0.05) is 0 Å². The molecule has 9 heavy (non-hydrogen) atoms. The number of nitrogens with one attached hydrogen (secondary N) is 1. The quantitative estimate of drug-likeness (QED) is 0.293. The lowest BCUT2D eigenvalue weighted by molar-refractivity contribution is 0.921. The minimum absolute atomic E-state index is 0.127. The second-order valence-corrected chi connectivity index (χ2v) is 1.42. The van der Waals surface area contributed by atoms with Crippen LogP contribution in [0.5, 0.6) is 0 Å². The summed E-state index contributed by atoms with van der Waals surface area (Å²) in [5.41, 5.74) is 10.2. The predicted molar refractivity (Wildman–Crippen MR) is 31.7 cm³/mol. The minimum atomic E-state index is -0.231. The zero-order chi connectivity index (χ0) is 6.85. The first kappa shape index (κ1) is 5.54. The van der Waals surface area contributed by atoms with Crippen LogP contribution in [0.2, 0.25) is 0 Å². The molecule has 0 aliphatic carbocycles. The van der Waals surface area contributed by atoms with Gasteiger partial charge in [0.15, 0.2) is 0 Å². The van der Waals surface area contributed by atoms with E-state index in [0.29, 0.717) is 0 Å². The lowest BCUT2D eigenvalue weighted by atomic mass is 10.9. The van der Waals surface area contributed by atoms with E-state index in [-0.39, 0.29) is 11.9 Å². The fraction of sp³-hybridized carbons (Fsp3) is 0. The number of nitrogens with two attached hydrogens (primary N) is 2. The Morgan fingerprint density at radius 1 is 1.78 bits per heavy atom. The predicted octanol–water partition coefficient (Wildman–Crippen LogP) is -1.40. The molecule has 0 saturated carbocycles. The van der Waals surface area contributed by atoms with Gasteiger partial charge in [0.1, 0.15) is 6.33 Å². The molecule has 0 saturated heterocycles. The van der Waals surface area contributed by atoms with Crippen molar-refractivity contribution < 1.29 is 0 Å². The number of rotatable bonds is 0. The fourth-order valence-electron chi connectivity index (χ4n) is 0.436. The maximum absolute atomic E-state index is 6.85. The first-order chi connectivity index (χ1) is 4.22. The number of aromatic nitrogens is 3. The summed E-state index contributed by atoms with van der Waals surface area (Å²) in [5.74, 6) is -0.104. The van der Waals surface area contributed by atoms with Crippen LogP contribution in [-0.2, 0) is 0 Å². The second kappa shape index (κ2) is 1.73. The molecule has 1 rings (SSSR count). The minimum Gasteiger partial charge on any atom is -0.368 e. The van der Waals surface area contributed by atoms with Crippen molar-refractivity contribution in [1.82, 2.24) is 14.8 Å². The Hall–Kier alpha value is -1.59. The van der Waals surface area contributed by atoms with Crippen molar-refractivity contribution in [2.45, 2.75) is 0 Å². The Balaban J connectivity index is 3.08. The third kappa shape index (κ3) is 0.809. The van der Waals surface area contributed by atoms with Gasteiger partial charge < -0.3 is 11.5 Å². The number of nitrogen functional groups attached to an aromatic ring is 2. The van der Waals surface area contributed by atoms with E-state index >= 15 is 0 Å². The molecule has 6 nitrogen and oxygen atoms in total. The standard InChI is InChI=1S/C3H6N6/c4-2(5)9-3(6)7-1-8-9/h1H,(H3,4,5)(H2,6,7,8). The number of hydrogen-bond donors (Lipinski definition) is 3. The Labute approximate surface area is 51.0 Å². The molecule has 0 spiro atoms. The summed E-state index contributed by atoms with van der Waals surface area (Å²) >= 11 is 0. The van der Waals surface area contributed by atoms with Crippen LogP contribution >= 0.6 is 0 Å². The summed E-state index contributed by atoms with van der Waals surface area (Å²) in [6, 6.07) is 0. The van der Waals surface area contributed by atoms with Crippen LogP contribution in [0.1, 0.15) is 0 Å². The summed E-state index contributed by atoms with van der Waals surface area (Å²) in [7, 11) is 0. The van der Waals surface area contributed by atoms with Gasteiger partial charge in [0.25, 0.3) is 0 Å². The average molecular weight is 126 g/mol. The number of anilines is 1. The van der Waals surface area contributed by atoms with E-state index in [0.717, 1.165) is 4.68 Å². The fourth-order valence-corrected chi connectivity index (χ4v) is 0.436. The highest BCUT2D eigenvalue weighted by atomic mass is 15.4. The summed E-state index contributed by atoms with van der Waals surface area (Å²) in [6.45, 7) is 0. The molecule has 1 aromatic rings. The van der Waals surface area contributed by atoms with Crippen LogP contribution in [0, 0.1) is 5.41 Å². The molecule has 1 aromatic heterocycles. The molecule has 1 heterocycles. The van der Waals surface area contributed by atoms with Crippen LogP contribution in [0.25, 0.3) is 0 Å². The van der Waals surface area contributed by atoms with Crippen LogP contribution in [-0.4, -0.2) is 20.7 Å². The second-order valence-electron chi connectivity index (χ2n) is 1.42. The molecule has 0 bridgehead atoms. The summed E-state index contributed by atoms with van der Waals surface area (Å²) < 4.78 is 1.03. The van der Waals surface area contributed by atoms with Crippen molar-refractivity contribution >= 4 is 11.9 Å². The Bertz CT molecular complexity index is 224. The van der Waals surface area contributed by atoms with Crippen molar-refractivity contribution in [2.24, 2.45) is 5.73 Å². The largest absolute Gasteiger partial charge is 0.368 e. The molecule has 0 radical (unpaired) electrons. The first-order valence-electron chi connectivity index (χ1n) is 2.21. The van der Waals surface area contributed by atoms with Gasteiger partial charge in [-0.05, 0) is 0 Å². The molecule has 0 aliphatic rings. The third-order valence-electron chi connectivity index (χ3n) is 0.802. The zero-order valence-electron chi connectivity index (χ0n) is 4.57. The van der Waals surface area contributed by atoms with Crippen LogP contribution in [0.15, 0.2) is 6.33 Å². The van der Waals surface area contributed by atoms with E-state index in [1.54, 1.807) is 0 Å². The van der Waals surface area contributed by atoms with E-state index in [9.17, 15) is 0 Å². The third-order valence-corrected chi connectivity index (χ3v) is 0.802. The van der Waals surface area contributed by atoms with Gasteiger partial charge >= 0.3 is 0 Å². The highest BCUT2D eigenvalue weighted by Gasteiger charge is 1.98.